The van der Waals surface area contributed by atoms with Crippen LogP contribution in [0.3, 0.4) is 0 Å². The Balaban J connectivity index is 1.80. The lowest BCUT2D eigenvalue weighted by atomic mass is 10.1. The molecule has 150 valence electrons. The van der Waals surface area contributed by atoms with Crippen molar-refractivity contribution >= 4 is 11.6 Å². The number of aryl methyl sites for hydroxylation is 1. The third kappa shape index (κ3) is 4.87. The molecule has 0 radical (unpaired) electrons. The summed E-state index contributed by atoms with van der Waals surface area (Å²) in [6.07, 6.45) is 0.419. The second-order valence-electron chi connectivity index (χ2n) is 6.41. The van der Waals surface area contributed by atoms with E-state index in [0.717, 1.165) is 22.4 Å². The van der Waals surface area contributed by atoms with Crippen LogP contribution in [0.15, 0.2) is 65.5 Å². The minimum atomic E-state index is -0.786. The number of carbonyl (C=O) groups excluding carboxylic acids is 1. The molecule has 1 N–H and O–H groups in total. The number of benzene rings is 2. The van der Waals surface area contributed by atoms with Crippen molar-refractivity contribution in [1.29, 1.82) is 0 Å². The molecule has 6 nitrogen and oxygen atoms in total. The Morgan fingerprint density at radius 3 is 2.52 bits per heavy atom. The molecule has 0 aliphatic rings. The van der Waals surface area contributed by atoms with Crippen LogP contribution in [0.4, 0.5) is 10.1 Å². The first-order valence-electron chi connectivity index (χ1n) is 9.43. The van der Waals surface area contributed by atoms with Crippen LogP contribution in [0.5, 0.6) is 5.88 Å². The van der Waals surface area contributed by atoms with E-state index in [1.165, 1.54) is 36.4 Å². The van der Waals surface area contributed by atoms with Gasteiger partial charge in [-0.15, -0.1) is 5.10 Å². The van der Waals surface area contributed by atoms with Crippen LogP contribution >= 0.6 is 0 Å². The summed E-state index contributed by atoms with van der Waals surface area (Å²) >= 11 is 0. The number of aromatic nitrogens is 2. The Bertz CT molecular complexity index is 1050. The first kappa shape index (κ1) is 20.3. The molecule has 0 saturated carbocycles. The van der Waals surface area contributed by atoms with Crippen LogP contribution < -0.4 is 15.6 Å². The number of hydrogen-bond donors (Lipinski definition) is 1. The van der Waals surface area contributed by atoms with E-state index in [4.69, 9.17) is 4.74 Å². The summed E-state index contributed by atoms with van der Waals surface area (Å²) in [4.78, 5) is 24.8. The fourth-order valence-electron chi connectivity index (χ4n) is 2.86. The highest BCUT2D eigenvalue weighted by Gasteiger charge is 2.20. The maximum Gasteiger partial charge on any atom is 0.271 e. The van der Waals surface area contributed by atoms with Crippen LogP contribution in [-0.2, 0) is 11.2 Å². The molecule has 0 bridgehead atoms. The highest BCUT2D eigenvalue weighted by molar-refractivity contribution is 5.95. The third-order valence-corrected chi connectivity index (χ3v) is 4.43. The maximum atomic E-state index is 13.1. The molecule has 1 atom stereocenters. The van der Waals surface area contributed by atoms with Gasteiger partial charge in [-0.2, -0.15) is 4.68 Å². The molecule has 0 aliphatic carbocycles. The van der Waals surface area contributed by atoms with Crippen LogP contribution in [0, 0.1) is 5.82 Å². The lowest BCUT2D eigenvalue weighted by Gasteiger charge is -2.18. The molecular formula is C22H22FN3O3. The molecule has 2 aromatic carbocycles. The van der Waals surface area contributed by atoms with Gasteiger partial charge in [0.05, 0.1) is 5.69 Å². The third-order valence-electron chi connectivity index (χ3n) is 4.43. The van der Waals surface area contributed by atoms with Gasteiger partial charge in [0.2, 0.25) is 5.88 Å². The topological polar surface area (TPSA) is 73.2 Å². The minimum Gasteiger partial charge on any atom is -0.463 e. The van der Waals surface area contributed by atoms with E-state index in [-0.39, 0.29) is 11.8 Å². The second kappa shape index (κ2) is 9.14. The van der Waals surface area contributed by atoms with Crippen molar-refractivity contribution < 1.29 is 13.9 Å². The zero-order valence-corrected chi connectivity index (χ0v) is 16.3. The summed E-state index contributed by atoms with van der Waals surface area (Å²) in [5.74, 6) is -0.585. The normalized spacial score (nSPS) is 11.7. The summed E-state index contributed by atoms with van der Waals surface area (Å²) < 4.78 is 20.0. The molecule has 1 amide bonds. The Labute approximate surface area is 168 Å². The molecule has 0 fully saturated rings. The largest absolute Gasteiger partial charge is 0.463 e. The van der Waals surface area contributed by atoms with Gasteiger partial charge in [0, 0.05) is 17.8 Å². The standard InChI is InChI=1S/C22H22FN3O3/c1-3-15-7-5-6-8-18(15)24-22(28)19(4-2)29-20-13-14-21(27)26(25-20)17-11-9-16(23)10-12-17/h5-14,19H,3-4H2,1-2H3,(H,24,28)/t19-/m0/s1. The van der Waals surface area contributed by atoms with Crippen molar-refractivity contribution in [2.24, 2.45) is 0 Å². The van der Waals surface area contributed by atoms with Crippen molar-refractivity contribution in [2.75, 3.05) is 5.32 Å². The molecule has 3 rings (SSSR count). The summed E-state index contributed by atoms with van der Waals surface area (Å²) in [5, 5.41) is 7.06. The summed E-state index contributed by atoms with van der Waals surface area (Å²) in [6.45, 7) is 3.84. The smallest absolute Gasteiger partial charge is 0.271 e. The molecule has 0 saturated heterocycles. The van der Waals surface area contributed by atoms with Crippen molar-refractivity contribution in [2.45, 2.75) is 32.8 Å². The van der Waals surface area contributed by atoms with Gasteiger partial charge in [-0.25, -0.2) is 4.39 Å². The SMILES string of the molecule is CCc1ccccc1NC(=O)[C@H](CC)Oc1ccc(=O)n(-c2ccc(F)cc2)n1. The van der Waals surface area contributed by atoms with Gasteiger partial charge in [0.15, 0.2) is 6.10 Å². The molecule has 0 aliphatic heterocycles. The first-order chi connectivity index (χ1) is 14.0. The Kier molecular flexibility index (Phi) is 6.39. The number of carbonyl (C=O) groups is 1. The molecule has 1 aromatic heterocycles. The van der Waals surface area contributed by atoms with Gasteiger partial charge in [-0.1, -0.05) is 32.0 Å². The number of halogens is 1. The van der Waals surface area contributed by atoms with Crippen molar-refractivity contribution in [3.63, 3.8) is 0 Å². The zero-order valence-electron chi connectivity index (χ0n) is 16.3. The van der Waals surface area contributed by atoms with Gasteiger partial charge in [0.1, 0.15) is 5.82 Å². The van der Waals surface area contributed by atoms with Crippen LogP contribution in [0.1, 0.15) is 25.8 Å². The number of nitrogens with zero attached hydrogens (tertiary/aromatic N) is 2. The number of nitrogens with one attached hydrogen (secondary N) is 1. The van der Waals surface area contributed by atoms with Gasteiger partial charge >= 0.3 is 0 Å². The highest BCUT2D eigenvalue weighted by Crippen LogP contribution is 2.17. The number of anilines is 1. The van der Waals surface area contributed by atoms with Crippen LogP contribution in [0.2, 0.25) is 0 Å². The van der Waals surface area contributed by atoms with Crippen molar-refractivity contribution in [3.8, 4) is 11.6 Å². The predicted octanol–water partition coefficient (Wildman–Crippen LogP) is 3.73. The Morgan fingerprint density at radius 2 is 1.83 bits per heavy atom. The molecule has 0 spiro atoms. The second-order valence-corrected chi connectivity index (χ2v) is 6.41. The summed E-state index contributed by atoms with van der Waals surface area (Å²) in [5.41, 5.74) is 1.78. The Hall–Kier alpha value is -3.48. The van der Waals surface area contributed by atoms with E-state index in [9.17, 15) is 14.0 Å². The number of para-hydroxylation sites is 1. The van der Waals surface area contributed by atoms with E-state index in [2.05, 4.69) is 10.4 Å². The fraction of sp³-hybridized carbons (Fsp3) is 0.227. The number of hydrogen-bond acceptors (Lipinski definition) is 4. The molecule has 29 heavy (non-hydrogen) atoms. The van der Waals surface area contributed by atoms with E-state index >= 15 is 0 Å². The number of rotatable bonds is 7. The Morgan fingerprint density at radius 1 is 1.10 bits per heavy atom. The molecular weight excluding hydrogens is 373 g/mol. The van der Waals surface area contributed by atoms with Crippen molar-refractivity contribution in [1.82, 2.24) is 9.78 Å². The fourth-order valence-corrected chi connectivity index (χ4v) is 2.86. The number of ether oxygens (including phenoxy) is 1. The van der Waals surface area contributed by atoms with E-state index in [1.54, 1.807) is 0 Å². The first-order valence-corrected chi connectivity index (χ1v) is 9.43. The van der Waals surface area contributed by atoms with E-state index in [0.29, 0.717) is 12.1 Å². The predicted molar refractivity (Wildman–Crippen MR) is 109 cm³/mol. The van der Waals surface area contributed by atoms with E-state index < -0.39 is 17.5 Å². The average Bonchev–Trinajstić information content (AvgIpc) is 2.74. The van der Waals surface area contributed by atoms with Gasteiger partial charge in [-0.3, -0.25) is 9.59 Å². The highest BCUT2D eigenvalue weighted by atomic mass is 19.1. The van der Waals surface area contributed by atoms with Crippen LogP contribution in [0.25, 0.3) is 5.69 Å². The monoisotopic (exact) mass is 395 g/mol. The average molecular weight is 395 g/mol. The van der Waals surface area contributed by atoms with Gasteiger partial charge in [-0.05, 0) is 48.7 Å². The summed E-state index contributed by atoms with van der Waals surface area (Å²) in [6, 6.07) is 15.7. The van der Waals surface area contributed by atoms with Crippen molar-refractivity contribution in [3.05, 3.63) is 82.4 Å². The van der Waals surface area contributed by atoms with E-state index in [1.807, 2.05) is 38.1 Å². The lowest BCUT2D eigenvalue weighted by Crippen LogP contribution is -2.33. The van der Waals surface area contributed by atoms with Gasteiger partial charge < -0.3 is 10.1 Å². The quantitative estimate of drug-likeness (QED) is 0.662. The number of amides is 1. The minimum absolute atomic E-state index is 0.125. The molecule has 3 aromatic rings. The summed E-state index contributed by atoms with van der Waals surface area (Å²) in [7, 11) is 0. The van der Waals surface area contributed by atoms with Crippen LogP contribution in [-0.4, -0.2) is 21.8 Å². The molecule has 1 heterocycles. The van der Waals surface area contributed by atoms with Gasteiger partial charge in [0.25, 0.3) is 11.5 Å². The maximum absolute atomic E-state index is 13.1. The zero-order chi connectivity index (χ0) is 20.8. The lowest BCUT2D eigenvalue weighted by molar-refractivity contribution is -0.123. The molecule has 0 unspecified atom stereocenters. The molecule has 7 heteroatoms.